The highest BCUT2D eigenvalue weighted by atomic mass is 19.1. The molecule has 0 radical (unpaired) electrons. The van der Waals surface area contributed by atoms with Crippen molar-refractivity contribution < 1.29 is 4.39 Å². The molecule has 0 amide bonds. The van der Waals surface area contributed by atoms with Crippen LogP contribution in [0.3, 0.4) is 0 Å². The Labute approximate surface area is 97.1 Å². The average molecular weight is 221 g/mol. The Hall–Kier alpha value is -0.890. The third-order valence-corrected chi connectivity index (χ3v) is 3.52. The van der Waals surface area contributed by atoms with Crippen LogP contribution in [0, 0.1) is 25.6 Å². The molecule has 1 heterocycles. The van der Waals surface area contributed by atoms with E-state index < -0.39 is 0 Å². The van der Waals surface area contributed by atoms with Crippen molar-refractivity contribution in [1.29, 1.82) is 0 Å². The first-order chi connectivity index (χ1) is 7.66. The highest BCUT2D eigenvalue weighted by molar-refractivity contribution is 5.32. The Morgan fingerprint density at radius 2 is 2.12 bits per heavy atom. The van der Waals surface area contributed by atoms with Crippen LogP contribution >= 0.6 is 0 Å². The van der Waals surface area contributed by atoms with Crippen molar-refractivity contribution in [2.75, 3.05) is 13.1 Å². The lowest BCUT2D eigenvalue weighted by Gasteiger charge is -2.23. The van der Waals surface area contributed by atoms with Crippen molar-refractivity contribution in [3.63, 3.8) is 0 Å². The Balaban J connectivity index is 2.11. The van der Waals surface area contributed by atoms with Gasteiger partial charge in [0.15, 0.2) is 0 Å². The van der Waals surface area contributed by atoms with Crippen molar-refractivity contribution in [2.45, 2.75) is 33.1 Å². The molecule has 1 aliphatic rings. The molecule has 1 aliphatic heterocycles. The monoisotopic (exact) mass is 221 g/mol. The van der Waals surface area contributed by atoms with Crippen LogP contribution in [0.15, 0.2) is 12.1 Å². The van der Waals surface area contributed by atoms with Gasteiger partial charge in [0.2, 0.25) is 0 Å². The molecular formula is C14H20FN. The largest absolute Gasteiger partial charge is 0.316 e. The van der Waals surface area contributed by atoms with Crippen molar-refractivity contribution >= 4 is 0 Å². The van der Waals surface area contributed by atoms with E-state index >= 15 is 0 Å². The molecule has 1 N–H and O–H groups in total. The molecule has 1 atom stereocenters. The number of hydrogen-bond donors (Lipinski definition) is 1. The fourth-order valence-electron chi connectivity index (χ4n) is 2.50. The number of benzene rings is 1. The van der Waals surface area contributed by atoms with E-state index in [0.29, 0.717) is 5.92 Å². The van der Waals surface area contributed by atoms with Crippen LogP contribution in [0.1, 0.15) is 29.5 Å². The van der Waals surface area contributed by atoms with Gasteiger partial charge in [0.25, 0.3) is 0 Å². The summed E-state index contributed by atoms with van der Waals surface area (Å²) in [7, 11) is 0. The molecule has 1 aromatic carbocycles. The zero-order valence-electron chi connectivity index (χ0n) is 10.1. The van der Waals surface area contributed by atoms with Crippen LogP contribution in [0.2, 0.25) is 0 Å². The molecule has 88 valence electrons. The fourth-order valence-corrected chi connectivity index (χ4v) is 2.50. The third-order valence-electron chi connectivity index (χ3n) is 3.52. The van der Waals surface area contributed by atoms with E-state index in [4.69, 9.17) is 0 Å². The van der Waals surface area contributed by atoms with Gasteiger partial charge in [0.05, 0.1) is 0 Å². The summed E-state index contributed by atoms with van der Waals surface area (Å²) in [6, 6.07) is 3.68. The minimum atomic E-state index is -0.0654. The number of aryl methyl sites for hydroxylation is 2. The van der Waals surface area contributed by atoms with Crippen molar-refractivity contribution in [3.05, 3.63) is 34.6 Å². The summed E-state index contributed by atoms with van der Waals surface area (Å²) >= 11 is 0. The maximum Gasteiger partial charge on any atom is 0.126 e. The summed E-state index contributed by atoms with van der Waals surface area (Å²) in [6.45, 7) is 6.12. The highest BCUT2D eigenvalue weighted by Crippen LogP contribution is 2.21. The van der Waals surface area contributed by atoms with E-state index in [2.05, 4.69) is 12.2 Å². The van der Waals surface area contributed by atoms with Crippen LogP contribution < -0.4 is 5.32 Å². The first-order valence-electron chi connectivity index (χ1n) is 6.13. The Bertz CT molecular complexity index is 367. The van der Waals surface area contributed by atoms with E-state index in [1.54, 1.807) is 6.07 Å². The molecule has 0 spiro atoms. The molecule has 1 unspecified atom stereocenters. The summed E-state index contributed by atoms with van der Waals surface area (Å²) in [5.74, 6) is 0.610. The van der Waals surface area contributed by atoms with Gasteiger partial charge >= 0.3 is 0 Å². The Morgan fingerprint density at radius 1 is 1.31 bits per heavy atom. The van der Waals surface area contributed by atoms with E-state index in [1.165, 1.54) is 24.0 Å². The molecule has 2 rings (SSSR count). The SMILES string of the molecule is Cc1cc(C)c(CC2CCCNC2)cc1F. The Kier molecular flexibility index (Phi) is 3.59. The first kappa shape index (κ1) is 11.6. The van der Waals surface area contributed by atoms with E-state index in [-0.39, 0.29) is 5.82 Å². The molecule has 1 saturated heterocycles. The van der Waals surface area contributed by atoms with Gasteiger partial charge in [-0.15, -0.1) is 0 Å². The normalized spacial score (nSPS) is 21.1. The topological polar surface area (TPSA) is 12.0 Å². The second kappa shape index (κ2) is 4.96. The smallest absolute Gasteiger partial charge is 0.126 e. The predicted octanol–water partition coefficient (Wildman–Crippen LogP) is 2.98. The van der Waals surface area contributed by atoms with E-state index in [1.807, 2.05) is 13.0 Å². The first-order valence-corrected chi connectivity index (χ1v) is 6.13. The lowest BCUT2D eigenvalue weighted by Crippen LogP contribution is -2.31. The Morgan fingerprint density at radius 3 is 2.81 bits per heavy atom. The summed E-state index contributed by atoms with van der Waals surface area (Å²) in [6.07, 6.45) is 3.52. The number of piperidine rings is 1. The lowest BCUT2D eigenvalue weighted by atomic mass is 9.90. The van der Waals surface area contributed by atoms with Crippen LogP contribution in [0.5, 0.6) is 0 Å². The summed E-state index contributed by atoms with van der Waals surface area (Å²) in [5, 5.41) is 3.41. The maximum absolute atomic E-state index is 13.5. The van der Waals surface area contributed by atoms with Gasteiger partial charge in [-0.05, 0) is 74.9 Å². The zero-order valence-corrected chi connectivity index (χ0v) is 10.1. The van der Waals surface area contributed by atoms with Crippen molar-refractivity contribution in [3.8, 4) is 0 Å². The van der Waals surface area contributed by atoms with Gasteiger partial charge in [0.1, 0.15) is 5.82 Å². The molecule has 0 aromatic heterocycles. The molecule has 0 bridgehead atoms. The molecule has 16 heavy (non-hydrogen) atoms. The number of nitrogens with one attached hydrogen (secondary N) is 1. The van der Waals surface area contributed by atoms with Crippen LogP contribution in [-0.4, -0.2) is 13.1 Å². The highest BCUT2D eigenvalue weighted by Gasteiger charge is 2.15. The standard InChI is InChI=1S/C14H20FN/c1-10-6-11(2)14(15)8-13(10)7-12-4-3-5-16-9-12/h6,8,12,16H,3-5,7,9H2,1-2H3. The van der Waals surface area contributed by atoms with Crippen LogP contribution in [-0.2, 0) is 6.42 Å². The average Bonchev–Trinajstić information content (AvgIpc) is 2.27. The lowest BCUT2D eigenvalue weighted by molar-refractivity contribution is 0.375. The minimum absolute atomic E-state index is 0.0654. The van der Waals surface area contributed by atoms with Gasteiger partial charge in [0, 0.05) is 0 Å². The molecule has 0 saturated carbocycles. The predicted molar refractivity (Wildman–Crippen MR) is 65.2 cm³/mol. The number of hydrogen-bond acceptors (Lipinski definition) is 1. The number of rotatable bonds is 2. The van der Waals surface area contributed by atoms with E-state index in [0.717, 1.165) is 25.1 Å². The maximum atomic E-state index is 13.5. The van der Waals surface area contributed by atoms with Crippen LogP contribution in [0.25, 0.3) is 0 Å². The second-order valence-corrected chi connectivity index (χ2v) is 4.94. The number of halogens is 1. The van der Waals surface area contributed by atoms with Gasteiger partial charge in [-0.3, -0.25) is 0 Å². The summed E-state index contributed by atoms with van der Waals surface area (Å²) in [5.41, 5.74) is 3.16. The zero-order chi connectivity index (χ0) is 11.5. The van der Waals surface area contributed by atoms with Crippen molar-refractivity contribution in [2.24, 2.45) is 5.92 Å². The summed E-state index contributed by atoms with van der Waals surface area (Å²) < 4.78 is 13.5. The van der Waals surface area contributed by atoms with Crippen molar-refractivity contribution in [1.82, 2.24) is 5.32 Å². The fraction of sp³-hybridized carbons (Fsp3) is 0.571. The molecule has 1 fully saturated rings. The summed E-state index contributed by atoms with van der Waals surface area (Å²) in [4.78, 5) is 0. The van der Waals surface area contributed by atoms with Gasteiger partial charge < -0.3 is 5.32 Å². The van der Waals surface area contributed by atoms with Gasteiger partial charge in [-0.2, -0.15) is 0 Å². The van der Waals surface area contributed by atoms with Crippen LogP contribution in [0.4, 0.5) is 4.39 Å². The molecular weight excluding hydrogens is 201 g/mol. The molecule has 1 aromatic rings. The molecule has 1 nitrogen and oxygen atoms in total. The third kappa shape index (κ3) is 2.62. The van der Waals surface area contributed by atoms with Gasteiger partial charge in [-0.25, -0.2) is 4.39 Å². The molecule has 2 heteroatoms. The second-order valence-electron chi connectivity index (χ2n) is 4.94. The minimum Gasteiger partial charge on any atom is -0.316 e. The quantitative estimate of drug-likeness (QED) is 0.809. The molecule has 0 aliphatic carbocycles. The van der Waals surface area contributed by atoms with Gasteiger partial charge in [-0.1, -0.05) is 6.07 Å². The van der Waals surface area contributed by atoms with E-state index in [9.17, 15) is 4.39 Å².